The van der Waals surface area contributed by atoms with Crippen molar-refractivity contribution >= 4 is 26.7 Å². The zero-order valence-corrected chi connectivity index (χ0v) is 13.9. The van der Waals surface area contributed by atoms with Crippen LogP contribution < -0.4 is 5.32 Å². The SMILES string of the molecule is CC[C@@H](Nc1ccc2cc[nH]c2n1)c1ccc(S(C)(=O)=O)cc1. The summed E-state index contributed by atoms with van der Waals surface area (Å²) in [5.74, 6) is 0.791. The molecule has 0 aliphatic heterocycles. The summed E-state index contributed by atoms with van der Waals surface area (Å²) < 4.78 is 23.1. The van der Waals surface area contributed by atoms with Crippen molar-refractivity contribution in [1.82, 2.24) is 9.97 Å². The van der Waals surface area contributed by atoms with Gasteiger partial charge in [0.05, 0.1) is 10.9 Å². The molecule has 0 bridgehead atoms. The monoisotopic (exact) mass is 329 g/mol. The first-order valence-corrected chi connectivity index (χ1v) is 9.37. The van der Waals surface area contributed by atoms with Gasteiger partial charge < -0.3 is 10.3 Å². The lowest BCUT2D eigenvalue weighted by molar-refractivity contribution is 0.601. The number of hydrogen-bond acceptors (Lipinski definition) is 4. The third kappa shape index (κ3) is 3.37. The third-order valence-electron chi connectivity index (χ3n) is 3.85. The number of pyridine rings is 1. The Morgan fingerprint density at radius 3 is 2.52 bits per heavy atom. The Morgan fingerprint density at radius 1 is 1.13 bits per heavy atom. The van der Waals surface area contributed by atoms with E-state index < -0.39 is 9.84 Å². The van der Waals surface area contributed by atoms with E-state index in [0.717, 1.165) is 28.8 Å². The molecular formula is C17H19N3O2S. The van der Waals surface area contributed by atoms with E-state index in [1.54, 1.807) is 12.1 Å². The molecule has 0 unspecified atom stereocenters. The van der Waals surface area contributed by atoms with Crippen molar-refractivity contribution in [2.24, 2.45) is 0 Å². The Kier molecular flexibility index (Phi) is 4.09. The fraction of sp³-hybridized carbons (Fsp3) is 0.235. The lowest BCUT2D eigenvalue weighted by Crippen LogP contribution is -2.11. The molecule has 3 aromatic rings. The van der Waals surface area contributed by atoms with Crippen LogP contribution in [0, 0.1) is 0 Å². The highest BCUT2D eigenvalue weighted by molar-refractivity contribution is 7.90. The van der Waals surface area contributed by atoms with E-state index in [2.05, 4.69) is 22.2 Å². The normalized spacial score (nSPS) is 13.1. The van der Waals surface area contributed by atoms with Crippen LogP contribution in [-0.2, 0) is 9.84 Å². The summed E-state index contributed by atoms with van der Waals surface area (Å²) in [7, 11) is -3.17. The lowest BCUT2D eigenvalue weighted by atomic mass is 10.0. The number of sulfone groups is 1. The summed E-state index contributed by atoms with van der Waals surface area (Å²) in [6.07, 6.45) is 3.94. The fourth-order valence-electron chi connectivity index (χ4n) is 2.56. The Balaban J connectivity index is 1.84. The number of benzene rings is 1. The van der Waals surface area contributed by atoms with Crippen molar-refractivity contribution in [3.05, 3.63) is 54.2 Å². The standard InChI is InChI=1S/C17H19N3O2S/c1-3-15(12-4-7-14(8-5-12)23(2,21)22)19-16-9-6-13-10-11-18-17(13)20-16/h4-11,15H,3H2,1-2H3,(H2,18,19,20)/t15-/m1/s1. The molecule has 0 saturated heterocycles. The molecule has 23 heavy (non-hydrogen) atoms. The van der Waals surface area contributed by atoms with Crippen LogP contribution >= 0.6 is 0 Å². The van der Waals surface area contributed by atoms with E-state index in [4.69, 9.17) is 0 Å². The van der Waals surface area contributed by atoms with Crippen molar-refractivity contribution in [2.75, 3.05) is 11.6 Å². The molecule has 0 fully saturated rings. The third-order valence-corrected chi connectivity index (χ3v) is 4.98. The van der Waals surface area contributed by atoms with Gasteiger partial charge in [0, 0.05) is 17.8 Å². The molecule has 0 saturated carbocycles. The number of H-pyrrole nitrogens is 1. The first-order valence-electron chi connectivity index (χ1n) is 7.48. The molecule has 120 valence electrons. The minimum Gasteiger partial charge on any atom is -0.363 e. The van der Waals surface area contributed by atoms with E-state index in [-0.39, 0.29) is 6.04 Å². The number of rotatable bonds is 5. The summed E-state index contributed by atoms with van der Waals surface area (Å²) in [4.78, 5) is 7.98. The van der Waals surface area contributed by atoms with E-state index in [1.807, 2.05) is 36.5 Å². The maximum atomic E-state index is 11.5. The van der Waals surface area contributed by atoms with Gasteiger partial charge in [-0.1, -0.05) is 19.1 Å². The average Bonchev–Trinajstić information content (AvgIpc) is 2.99. The quantitative estimate of drug-likeness (QED) is 0.751. The first kappa shape index (κ1) is 15.6. The zero-order valence-electron chi connectivity index (χ0n) is 13.1. The highest BCUT2D eigenvalue weighted by Crippen LogP contribution is 2.24. The van der Waals surface area contributed by atoms with Gasteiger partial charge in [0.1, 0.15) is 11.5 Å². The van der Waals surface area contributed by atoms with Crippen LogP contribution in [0.4, 0.5) is 5.82 Å². The number of nitrogens with one attached hydrogen (secondary N) is 2. The highest BCUT2D eigenvalue weighted by atomic mass is 32.2. The van der Waals surface area contributed by atoms with Gasteiger partial charge >= 0.3 is 0 Å². The minimum atomic E-state index is -3.17. The van der Waals surface area contributed by atoms with Crippen molar-refractivity contribution in [3.63, 3.8) is 0 Å². The topological polar surface area (TPSA) is 74.8 Å². The van der Waals surface area contributed by atoms with Gasteiger partial charge in [0.25, 0.3) is 0 Å². The highest BCUT2D eigenvalue weighted by Gasteiger charge is 2.12. The van der Waals surface area contributed by atoms with Crippen LogP contribution in [0.3, 0.4) is 0 Å². The van der Waals surface area contributed by atoms with Crippen LogP contribution in [0.15, 0.2) is 53.6 Å². The maximum absolute atomic E-state index is 11.5. The van der Waals surface area contributed by atoms with Gasteiger partial charge in [-0.05, 0) is 42.3 Å². The number of aromatic amines is 1. The number of hydrogen-bond donors (Lipinski definition) is 2. The van der Waals surface area contributed by atoms with Gasteiger partial charge in [-0.3, -0.25) is 0 Å². The van der Waals surface area contributed by atoms with Crippen molar-refractivity contribution in [2.45, 2.75) is 24.3 Å². The zero-order chi connectivity index (χ0) is 16.4. The second-order valence-electron chi connectivity index (χ2n) is 5.56. The van der Waals surface area contributed by atoms with Gasteiger partial charge in [0.15, 0.2) is 9.84 Å². The predicted octanol–water partition coefficient (Wildman–Crippen LogP) is 3.53. The van der Waals surface area contributed by atoms with Crippen LogP contribution in [0.1, 0.15) is 24.9 Å². The van der Waals surface area contributed by atoms with Crippen molar-refractivity contribution in [1.29, 1.82) is 0 Å². The molecule has 1 aromatic carbocycles. The maximum Gasteiger partial charge on any atom is 0.175 e. The molecule has 0 amide bonds. The number of nitrogens with zero attached hydrogens (tertiary/aromatic N) is 1. The molecule has 0 aliphatic carbocycles. The Labute approximate surface area is 135 Å². The minimum absolute atomic E-state index is 0.0727. The van der Waals surface area contributed by atoms with Crippen LogP contribution in [-0.4, -0.2) is 24.6 Å². The number of aromatic nitrogens is 2. The molecule has 5 nitrogen and oxygen atoms in total. The number of fused-ring (bicyclic) bond motifs is 1. The van der Waals surface area contributed by atoms with Gasteiger partial charge in [-0.2, -0.15) is 0 Å². The smallest absolute Gasteiger partial charge is 0.175 e. The predicted molar refractivity (Wildman–Crippen MR) is 92.3 cm³/mol. The molecule has 0 radical (unpaired) electrons. The Morgan fingerprint density at radius 2 is 1.87 bits per heavy atom. The second kappa shape index (κ2) is 6.04. The van der Waals surface area contributed by atoms with Gasteiger partial charge in [-0.15, -0.1) is 0 Å². The molecule has 2 N–H and O–H groups in total. The van der Waals surface area contributed by atoms with E-state index in [9.17, 15) is 8.42 Å². The summed E-state index contributed by atoms with van der Waals surface area (Å²) in [6, 6.07) is 13.0. The lowest BCUT2D eigenvalue weighted by Gasteiger charge is -2.18. The van der Waals surface area contributed by atoms with Gasteiger partial charge in [-0.25, -0.2) is 13.4 Å². The van der Waals surface area contributed by atoms with E-state index >= 15 is 0 Å². The molecule has 3 rings (SSSR count). The van der Waals surface area contributed by atoms with Crippen LogP contribution in [0.25, 0.3) is 11.0 Å². The fourth-order valence-corrected chi connectivity index (χ4v) is 3.19. The summed E-state index contributed by atoms with van der Waals surface area (Å²) in [5, 5.41) is 4.48. The molecule has 0 spiro atoms. The molecule has 2 heterocycles. The largest absolute Gasteiger partial charge is 0.363 e. The van der Waals surface area contributed by atoms with Crippen molar-refractivity contribution < 1.29 is 8.42 Å². The first-order chi connectivity index (χ1) is 11.0. The Bertz CT molecular complexity index is 914. The molecule has 1 atom stereocenters. The summed E-state index contributed by atoms with van der Waals surface area (Å²) in [6.45, 7) is 2.08. The van der Waals surface area contributed by atoms with Crippen LogP contribution in [0.2, 0.25) is 0 Å². The second-order valence-corrected chi connectivity index (χ2v) is 7.57. The molecule has 6 heteroatoms. The van der Waals surface area contributed by atoms with Crippen molar-refractivity contribution in [3.8, 4) is 0 Å². The van der Waals surface area contributed by atoms with Crippen LogP contribution in [0.5, 0.6) is 0 Å². The summed E-state index contributed by atoms with van der Waals surface area (Å²) in [5.41, 5.74) is 1.88. The van der Waals surface area contributed by atoms with E-state index in [0.29, 0.717) is 4.90 Å². The number of anilines is 1. The Hall–Kier alpha value is -2.34. The molecular weight excluding hydrogens is 310 g/mol. The van der Waals surface area contributed by atoms with E-state index in [1.165, 1.54) is 6.26 Å². The van der Waals surface area contributed by atoms with Gasteiger partial charge in [0.2, 0.25) is 0 Å². The summed E-state index contributed by atoms with van der Waals surface area (Å²) >= 11 is 0. The average molecular weight is 329 g/mol. The molecule has 0 aliphatic rings. The molecule has 2 aromatic heterocycles.